The molecule has 0 spiro atoms. The molecule has 0 N–H and O–H groups in total. The van der Waals surface area contributed by atoms with Crippen LogP contribution in [0.15, 0.2) is 53.3 Å². The second kappa shape index (κ2) is 6.45. The number of benzene rings is 1. The van der Waals surface area contributed by atoms with Crippen molar-refractivity contribution in [3.05, 3.63) is 65.7 Å². The average Bonchev–Trinajstić information content (AvgIpc) is 3.16. The smallest absolute Gasteiger partial charge is 0.195 e. The molecule has 0 unspecified atom stereocenters. The van der Waals surface area contributed by atoms with Gasteiger partial charge in [-0.05, 0) is 41.8 Å². The van der Waals surface area contributed by atoms with Crippen LogP contribution in [0.25, 0.3) is 11.6 Å². The number of aromatic nitrogens is 2. The van der Waals surface area contributed by atoms with E-state index in [0.29, 0.717) is 11.6 Å². The summed E-state index contributed by atoms with van der Waals surface area (Å²) >= 11 is 0. The molecular weight excluding hydrogens is 302 g/mol. The Morgan fingerprint density at radius 2 is 2.21 bits per heavy atom. The Balaban J connectivity index is 1.53. The lowest BCUT2D eigenvalue weighted by atomic mass is 10.1. The Bertz CT molecular complexity index is 830. The van der Waals surface area contributed by atoms with Crippen LogP contribution in [0.4, 0.5) is 0 Å². The lowest BCUT2D eigenvalue weighted by Crippen LogP contribution is -2.31. The van der Waals surface area contributed by atoms with Crippen molar-refractivity contribution in [3.63, 3.8) is 0 Å². The van der Waals surface area contributed by atoms with E-state index in [0.717, 1.165) is 37.5 Å². The van der Waals surface area contributed by atoms with Crippen molar-refractivity contribution < 1.29 is 9.15 Å². The Labute approximate surface area is 140 Å². The summed E-state index contributed by atoms with van der Waals surface area (Å²) in [7, 11) is 1.70. The van der Waals surface area contributed by atoms with E-state index in [1.165, 1.54) is 11.1 Å². The van der Waals surface area contributed by atoms with Crippen LogP contribution in [0.3, 0.4) is 0 Å². The number of ether oxygens (including phenoxy) is 1. The summed E-state index contributed by atoms with van der Waals surface area (Å²) in [5, 5.41) is 0. The second-order valence-corrected chi connectivity index (χ2v) is 5.96. The molecule has 0 bridgehead atoms. The van der Waals surface area contributed by atoms with Crippen molar-refractivity contribution >= 4 is 0 Å². The Morgan fingerprint density at radius 3 is 3.04 bits per heavy atom. The molecule has 24 heavy (non-hydrogen) atoms. The third-order valence-corrected chi connectivity index (χ3v) is 4.31. The zero-order valence-electron chi connectivity index (χ0n) is 13.6. The second-order valence-electron chi connectivity index (χ2n) is 5.96. The van der Waals surface area contributed by atoms with Crippen LogP contribution in [-0.4, -0.2) is 28.5 Å². The van der Waals surface area contributed by atoms with E-state index in [2.05, 4.69) is 22.0 Å². The fourth-order valence-corrected chi connectivity index (χ4v) is 3.05. The monoisotopic (exact) mass is 321 g/mol. The van der Waals surface area contributed by atoms with Crippen molar-refractivity contribution in [1.82, 2.24) is 14.9 Å². The van der Waals surface area contributed by atoms with Crippen LogP contribution in [0.5, 0.6) is 5.75 Å². The minimum absolute atomic E-state index is 0.655. The number of rotatable bonds is 4. The standard InChI is InChI=1S/C19H19N3O2/c1-23-16-5-2-4-14(10-16)12-22-8-7-15-11-20-19(21-17(15)13-22)18-6-3-9-24-18/h2-6,9-11H,7-8,12-13H2,1H3. The van der Waals surface area contributed by atoms with Crippen LogP contribution in [0.2, 0.25) is 0 Å². The maximum atomic E-state index is 5.41. The van der Waals surface area contributed by atoms with Crippen molar-refractivity contribution in [2.24, 2.45) is 0 Å². The summed E-state index contributed by atoms with van der Waals surface area (Å²) in [4.78, 5) is 11.5. The maximum absolute atomic E-state index is 5.41. The zero-order valence-corrected chi connectivity index (χ0v) is 13.6. The highest BCUT2D eigenvalue weighted by molar-refractivity contribution is 5.47. The highest BCUT2D eigenvalue weighted by Crippen LogP contribution is 2.23. The summed E-state index contributed by atoms with van der Waals surface area (Å²) in [5.74, 6) is 2.26. The van der Waals surface area contributed by atoms with Crippen molar-refractivity contribution in [2.45, 2.75) is 19.5 Å². The van der Waals surface area contributed by atoms with Crippen LogP contribution in [-0.2, 0) is 19.5 Å². The quantitative estimate of drug-likeness (QED) is 0.738. The van der Waals surface area contributed by atoms with E-state index in [1.54, 1.807) is 13.4 Å². The zero-order chi connectivity index (χ0) is 16.4. The average molecular weight is 321 g/mol. The highest BCUT2D eigenvalue weighted by atomic mass is 16.5. The number of methoxy groups -OCH3 is 1. The number of nitrogens with zero attached hydrogens (tertiary/aromatic N) is 3. The molecule has 122 valence electrons. The maximum Gasteiger partial charge on any atom is 0.195 e. The van der Waals surface area contributed by atoms with Gasteiger partial charge >= 0.3 is 0 Å². The Kier molecular flexibility index (Phi) is 4.01. The molecule has 1 aromatic carbocycles. The molecule has 3 heterocycles. The fraction of sp³-hybridized carbons (Fsp3) is 0.263. The Morgan fingerprint density at radius 1 is 1.25 bits per heavy atom. The summed E-state index contributed by atoms with van der Waals surface area (Å²) in [6.45, 7) is 2.72. The minimum Gasteiger partial charge on any atom is -0.497 e. The molecule has 0 fully saturated rings. The van der Waals surface area contributed by atoms with Gasteiger partial charge in [0.1, 0.15) is 5.75 Å². The largest absolute Gasteiger partial charge is 0.497 e. The summed E-state index contributed by atoms with van der Waals surface area (Å²) in [6, 6.07) is 12.0. The van der Waals surface area contributed by atoms with Gasteiger partial charge in [0.25, 0.3) is 0 Å². The molecule has 0 aliphatic carbocycles. The number of hydrogen-bond acceptors (Lipinski definition) is 5. The first-order chi connectivity index (χ1) is 11.8. The van der Waals surface area contributed by atoms with E-state index >= 15 is 0 Å². The summed E-state index contributed by atoms with van der Waals surface area (Å²) in [6.07, 6.45) is 4.55. The van der Waals surface area contributed by atoms with Gasteiger partial charge in [-0.15, -0.1) is 0 Å². The predicted molar refractivity (Wildman–Crippen MR) is 90.5 cm³/mol. The van der Waals surface area contributed by atoms with Crippen molar-refractivity contribution in [3.8, 4) is 17.3 Å². The van der Waals surface area contributed by atoms with E-state index in [-0.39, 0.29) is 0 Å². The molecule has 4 rings (SSSR count). The molecular formula is C19H19N3O2. The van der Waals surface area contributed by atoms with Gasteiger partial charge in [0, 0.05) is 25.8 Å². The van der Waals surface area contributed by atoms with Crippen LogP contribution in [0, 0.1) is 0 Å². The SMILES string of the molecule is COc1cccc(CN2CCc3cnc(-c4ccco4)nc3C2)c1. The van der Waals surface area contributed by atoms with E-state index < -0.39 is 0 Å². The lowest BCUT2D eigenvalue weighted by molar-refractivity contribution is 0.241. The van der Waals surface area contributed by atoms with Crippen LogP contribution < -0.4 is 4.74 Å². The van der Waals surface area contributed by atoms with Gasteiger partial charge < -0.3 is 9.15 Å². The van der Waals surface area contributed by atoms with Gasteiger partial charge in [-0.2, -0.15) is 0 Å². The van der Waals surface area contributed by atoms with Gasteiger partial charge in [0.15, 0.2) is 11.6 Å². The molecule has 0 radical (unpaired) electrons. The van der Waals surface area contributed by atoms with Crippen LogP contribution in [0.1, 0.15) is 16.8 Å². The third kappa shape index (κ3) is 3.03. The molecule has 0 saturated carbocycles. The lowest BCUT2D eigenvalue weighted by Gasteiger charge is -2.28. The molecule has 0 saturated heterocycles. The topological polar surface area (TPSA) is 51.4 Å². The van der Waals surface area contributed by atoms with Gasteiger partial charge in [0.05, 0.1) is 19.1 Å². The van der Waals surface area contributed by atoms with E-state index in [1.807, 2.05) is 30.5 Å². The molecule has 3 aromatic rings. The van der Waals surface area contributed by atoms with Gasteiger partial charge in [-0.25, -0.2) is 9.97 Å². The fourth-order valence-electron chi connectivity index (χ4n) is 3.05. The normalized spacial score (nSPS) is 14.4. The highest BCUT2D eigenvalue weighted by Gasteiger charge is 2.19. The third-order valence-electron chi connectivity index (χ3n) is 4.31. The summed E-state index contributed by atoms with van der Waals surface area (Å²) in [5.41, 5.74) is 3.57. The van der Waals surface area contributed by atoms with Gasteiger partial charge in [-0.1, -0.05) is 12.1 Å². The van der Waals surface area contributed by atoms with E-state index in [4.69, 9.17) is 14.1 Å². The number of fused-ring (bicyclic) bond motifs is 1. The first-order valence-corrected chi connectivity index (χ1v) is 8.06. The molecule has 0 atom stereocenters. The van der Waals surface area contributed by atoms with Crippen molar-refractivity contribution in [2.75, 3.05) is 13.7 Å². The van der Waals surface area contributed by atoms with Gasteiger partial charge in [-0.3, -0.25) is 4.90 Å². The molecule has 0 amide bonds. The first kappa shape index (κ1) is 14.9. The van der Waals surface area contributed by atoms with Crippen molar-refractivity contribution in [1.29, 1.82) is 0 Å². The first-order valence-electron chi connectivity index (χ1n) is 8.06. The molecule has 2 aromatic heterocycles. The van der Waals surface area contributed by atoms with E-state index in [9.17, 15) is 0 Å². The number of hydrogen-bond donors (Lipinski definition) is 0. The molecule has 1 aliphatic rings. The number of furan rings is 1. The Hall–Kier alpha value is -2.66. The molecule has 1 aliphatic heterocycles. The summed E-state index contributed by atoms with van der Waals surface area (Å²) < 4.78 is 10.7. The molecule has 5 nitrogen and oxygen atoms in total. The predicted octanol–water partition coefficient (Wildman–Crippen LogP) is 3.30. The molecule has 5 heteroatoms. The van der Waals surface area contributed by atoms with Gasteiger partial charge in [0.2, 0.25) is 0 Å². The minimum atomic E-state index is 0.655. The van der Waals surface area contributed by atoms with Crippen LogP contribution >= 0.6 is 0 Å².